The zero-order valence-corrected chi connectivity index (χ0v) is 9.40. The van der Waals surface area contributed by atoms with Gasteiger partial charge in [0, 0.05) is 43.1 Å². The topological polar surface area (TPSA) is 28.2 Å². The molecule has 1 aromatic carbocycles. The van der Waals surface area contributed by atoms with E-state index < -0.39 is 0 Å². The summed E-state index contributed by atoms with van der Waals surface area (Å²) < 4.78 is 0. The molecule has 1 N–H and O–H groups in total. The molecule has 3 nitrogen and oxygen atoms in total. The lowest BCUT2D eigenvalue weighted by molar-refractivity contribution is 0.618. The molecule has 3 heteroatoms. The molecule has 2 aromatic rings. The Morgan fingerprint density at radius 2 is 2.12 bits per heavy atom. The normalized spacial score (nSPS) is 14.9. The van der Waals surface area contributed by atoms with Gasteiger partial charge in [-0.05, 0) is 30.7 Å². The van der Waals surface area contributed by atoms with Gasteiger partial charge < -0.3 is 10.2 Å². The van der Waals surface area contributed by atoms with Crippen LogP contribution in [0.1, 0.15) is 6.42 Å². The van der Waals surface area contributed by atoms with Crippen LogP contribution in [0, 0.1) is 0 Å². The van der Waals surface area contributed by atoms with Crippen molar-refractivity contribution in [2.24, 2.45) is 0 Å². The molecule has 0 spiro atoms. The molecule has 0 amide bonds. The van der Waals surface area contributed by atoms with E-state index in [2.05, 4.69) is 33.4 Å². The fraction of sp³-hybridized carbons (Fsp3) is 0.308. The van der Waals surface area contributed by atoms with Crippen LogP contribution in [0.25, 0.3) is 10.9 Å². The molecule has 82 valence electrons. The standard InChI is InChI=1S/C13H15N3/c1-14-12-5-6-15-13-4-3-10(9-11(12)13)16-7-2-8-16/h3-6,9H,2,7-8H2,1H3,(H,14,15). The quantitative estimate of drug-likeness (QED) is 0.830. The molecule has 1 fully saturated rings. The van der Waals surface area contributed by atoms with Gasteiger partial charge in [-0.3, -0.25) is 4.98 Å². The van der Waals surface area contributed by atoms with Gasteiger partial charge in [0.25, 0.3) is 0 Å². The number of fused-ring (bicyclic) bond motifs is 1. The molecule has 0 bridgehead atoms. The van der Waals surface area contributed by atoms with Gasteiger partial charge in [0.2, 0.25) is 0 Å². The molecule has 1 saturated heterocycles. The minimum atomic E-state index is 1.05. The Morgan fingerprint density at radius 3 is 2.81 bits per heavy atom. The van der Waals surface area contributed by atoms with Crippen molar-refractivity contribution < 1.29 is 0 Å². The molecule has 1 aromatic heterocycles. The van der Waals surface area contributed by atoms with Crippen molar-refractivity contribution >= 4 is 22.3 Å². The number of pyridine rings is 1. The van der Waals surface area contributed by atoms with Crippen LogP contribution < -0.4 is 10.2 Å². The second kappa shape index (κ2) is 3.67. The Hall–Kier alpha value is -1.77. The van der Waals surface area contributed by atoms with Crippen molar-refractivity contribution in [2.75, 3.05) is 30.4 Å². The minimum absolute atomic E-state index is 1.05. The number of rotatable bonds is 2. The Balaban J connectivity index is 2.14. The summed E-state index contributed by atoms with van der Waals surface area (Å²) in [6, 6.07) is 8.51. The maximum absolute atomic E-state index is 4.38. The van der Waals surface area contributed by atoms with Gasteiger partial charge in [-0.15, -0.1) is 0 Å². The molecule has 0 radical (unpaired) electrons. The molecule has 2 heterocycles. The highest BCUT2D eigenvalue weighted by atomic mass is 15.2. The highest BCUT2D eigenvalue weighted by molar-refractivity contribution is 5.93. The predicted octanol–water partition coefficient (Wildman–Crippen LogP) is 2.49. The third kappa shape index (κ3) is 1.40. The lowest BCUT2D eigenvalue weighted by atomic mass is 10.1. The van der Waals surface area contributed by atoms with Crippen molar-refractivity contribution in [3.63, 3.8) is 0 Å². The second-order valence-electron chi connectivity index (χ2n) is 4.15. The van der Waals surface area contributed by atoms with Gasteiger partial charge in [0.1, 0.15) is 0 Å². The van der Waals surface area contributed by atoms with Gasteiger partial charge in [-0.2, -0.15) is 0 Å². The highest BCUT2D eigenvalue weighted by Crippen LogP contribution is 2.28. The van der Waals surface area contributed by atoms with Crippen LogP contribution in [0.5, 0.6) is 0 Å². The molecule has 0 saturated carbocycles. The van der Waals surface area contributed by atoms with Gasteiger partial charge in [-0.1, -0.05) is 0 Å². The van der Waals surface area contributed by atoms with E-state index in [1.807, 2.05) is 19.3 Å². The first-order valence-corrected chi connectivity index (χ1v) is 5.70. The summed E-state index contributed by atoms with van der Waals surface area (Å²) in [5.41, 5.74) is 3.51. The molecule has 0 aliphatic carbocycles. The number of aromatic nitrogens is 1. The van der Waals surface area contributed by atoms with Crippen LogP contribution in [-0.2, 0) is 0 Å². The molecular formula is C13H15N3. The van der Waals surface area contributed by atoms with Crippen LogP contribution in [0.4, 0.5) is 11.4 Å². The SMILES string of the molecule is CNc1ccnc2ccc(N3CCC3)cc12. The number of hydrogen-bond acceptors (Lipinski definition) is 3. The number of benzene rings is 1. The number of nitrogens with zero attached hydrogens (tertiary/aromatic N) is 2. The van der Waals surface area contributed by atoms with Crippen molar-refractivity contribution in [3.8, 4) is 0 Å². The van der Waals surface area contributed by atoms with Gasteiger partial charge >= 0.3 is 0 Å². The van der Waals surface area contributed by atoms with E-state index >= 15 is 0 Å². The summed E-state index contributed by atoms with van der Waals surface area (Å²) in [7, 11) is 1.95. The van der Waals surface area contributed by atoms with Crippen molar-refractivity contribution in [1.29, 1.82) is 0 Å². The van der Waals surface area contributed by atoms with E-state index in [9.17, 15) is 0 Å². The first-order chi connectivity index (χ1) is 7.88. The summed E-state index contributed by atoms with van der Waals surface area (Å²) in [6.07, 6.45) is 3.15. The van der Waals surface area contributed by atoms with Gasteiger partial charge in [0.05, 0.1) is 5.52 Å². The second-order valence-corrected chi connectivity index (χ2v) is 4.15. The molecular weight excluding hydrogens is 198 g/mol. The molecule has 16 heavy (non-hydrogen) atoms. The average molecular weight is 213 g/mol. The Morgan fingerprint density at radius 1 is 1.25 bits per heavy atom. The van der Waals surface area contributed by atoms with E-state index in [1.54, 1.807) is 0 Å². The highest BCUT2D eigenvalue weighted by Gasteiger charge is 2.14. The molecule has 0 atom stereocenters. The van der Waals surface area contributed by atoms with E-state index in [0.717, 1.165) is 11.2 Å². The fourth-order valence-electron chi connectivity index (χ4n) is 2.12. The minimum Gasteiger partial charge on any atom is -0.388 e. The van der Waals surface area contributed by atoms with Crippen molar-refractivity contribution in [3.05, 3.63) is 30.5 Å². The maximum atomic E-state index is 4.38. The summed E-state index contributed by atoms with van der Waals surface area (Å²) in [4.78, 5) is 6.77. The van der Waals surface area contributed by atoms with Crippen LogP contribution in [0.15, 0.2) is 30.5 Å². The van der Waals surface area contributed by atoms with Crippen LogP contribution in [-0.4, -0.2) is 25.1 Å². The fourth-order valence-corrected chi connectivity index (χ4v) is 2.12. The van der Waals surface area contributed by atoms with Gasteiger partial charge in [0.15, 0.2) is 0 Å². The van der Waals surface area contributed by atoms with Gasteiger partial charge in [-0.25, -0.2) is 0 Å². The molecule has 1 aliphatic heterocycles. The van der Waals surface area contributed by atoms with E-state index in [-0.39, 0.29) is 0 Å². The monoisotopic (exact) mass is 213 g/mol. The zero-order chi connectivity index (χ0) is 11.0. The summed E-state index contributed by atoms with van der Waals surface area (Å²) in [5.74, 6) is 0. The van der Waals surface area contributed by atoms with E-state index in [0.29, 0.717) is 0 Å². The summed E-state index contributed by atoms with van der Waals surface area (Å²) >= 11 is 0. The smallest absolute Gasteiger partial charge is 0.0724 e. The first kappa shape index (κ1) is 9.46. The van der Waals surface area contributed by atoms with E-state index in [4.69, 9.17) is 0 Å². The molecule has 1 aliphatic rings. The van der Waals surface area contributed by atoms with Crippen LogP contribution in [0.3, 0.4) is 0 Å². The molecule has 3 rings (SSSR count). The summed E-state index contributed by atoms with van der Waals surface area (Å²) in [6.45, 7) is 2.36. The third-order valence-corrected chi connectivity index (χ3v) is 3.22. The third-order valence-electron chi connectivity index (χ3n) is 3.22. The lowest BCUT2D eigenvalue weighted by Gasteiger charge is -2.33. The molecule has 0 unspecified atom stereocenters. The van der Waals surface area contributed by atoms with Crippen LogP contribution in [0.2, 0.25) is 0 Å². The number of anilines is 2. The average Bonchev–Trinajstić information content (AvgIpc) is 2.26. The maximum Gasteiger partial charge on any atom is 0.0724 e. The largest absolute Gasteiger partial charge is 0.388 e. The number of hydrogen-bond donors (Lipinski definition) is 1. The first-order valence-electron chi connectivity index (χ1n) is 5.70. The Bertz CT molecular complexity index is 518. The van der Waals surface area contributed by atoms with Crippen molar-refractivity contribution in [1.82, 2.24) is 4.98 Å². The zero-order valence-electron chi connectivity index (χ0n) is 9.40. The lowest BCUT2D eigenvalue weighted by Crippen LogP contribution is -2.36. The number of nitrogens with one attached hydrogen (secondary N) is 1. The summed E-state index contributed by atoms with van der Waals surface area (Å²) in [5, 5.41) is 4.42. The van der Waals surface area contributed by atoms with Crippen molar-refractivity contribution in [2.45, 2.75) is 6.42 Å². The van der Waals surface area contributed by atoms with Crippen LogP contribution >= 0.6 is 0 Å². The Kier molecular flexibility index (Phi) is 2.17. The van der Waals surface area contributed by atoms with E-state index in [1.165, 1.54) is 30.6 Å². The Labute approximate surface area is 95.1 Å². The predicted molar refractivity (Wildman–Crippen MR) is 68.1 cm³/mol.